The highest BCUT2D eigenvalue weighted by molar-refractivity contribution is 5.53. The predicted molar refractivity (Wildman–Crippen MR) is 67.6 cm³/mol. The van der Waals surface area contributed by atoms with Crippen LogP contribution in [0.15, 0.2) is 35.1 Å². The normalized spacial score (nSPS) is 10.8. The van der Waals surface area contributed by atoms with Crippen molar-refractivity contribution in [3.8, 4) is 23.1 Å². The minimum Gasteiger partial charge on any atom is -0.332 e. The van der Waals surface area contributed by atoms with Crippen molar-refractivity contribution in [3.63, 3.8) is 0 Å². The highest BCUT2D eigenvalue weighted by atomic mass is 16.5. The Labute approximate surface area is 109 Å². The summed E-state index contributed by atoms with van der Waals surface area (Å²) >= 11 is 0. The lowest BCUT2D eigenvalue weighted by Crippen LogP contribution is -1.96. The number of hydrogen-bond donors (Lipinski definition) is 1. The van der Waals surface area contributed by atoms with Gasteiger partial charge in [0.05, 0.1) is 0 Å². The summed E-state index contributed by atoms with van der Waals surface area (Å²) in [4.78, 5) is 8.50. The Morgan fingerprint density at radius 3 is 2.79 bits per heavy atom. The molecule has 0 bridgehead atoms. The van der Waals surface area contributed by atoms with E-state index in [0.29, 0.717) is 29.6 Å². The molecule has 3 aromatic rings. The van der Waals surface area contributed by atoms with Crippen molar-refractivity contribution in [3.05, 3.63) is 36.2 Å². The summed E-state index contributed by atoms with van der Waals surface area (Å²) in [6.45, 7) is 0.455. The fourth-order valence-corrected chi connectivity index (χ4v) is 1.64. The van der Waals surface area contributed by atoms with Crippen molar-refractivity contribution >= 4 is 0 Å². The van der Waals surface area contributed by atoms with Crippen LogP contribution in [0.25, 0.3) is 23.1 Å². The molecule has 7 heteroatoms. The lowest BCUT2D eigenvalue weighted by atomic mass is 10.2. The zero-order valence-corrected chi connectivity index (χ0v) is 10.3. The molecule has 3 aromatic heterocycles. The first-order valence-corrected chi connectivity index (χ1v) is 5.75. The Kier molecular flexibility index (Phi) is 2.81. The highest BCUT2D eigenvalue weighted by Gasteiger charge is 2.13. The van der Waals surface area contributed by atoms with Crippen LogP contribution in [0, 0.1) is 0 Å². The van der Waals surface area contributed by atoms with Crippen LogP contribution in [-0.4, -0.2) is 24.9 Å². The largest absolute Gasteiger partial charge is 0.332 e. The molecular formula is C12H12N6O. The Morgan fingerprint density at radius 2 is 2.16 bits per heavy atom. The van der Waals surface area contributed by atoms with E-state index in [4.69, 9.17) is 10.3 Å². The van der Waals surface area contributed by atoms with Crippen LogP contribution in [0.5, 0.6) is 0 Å². The van der Waals surface area contributed by atoms with Crippen molar-refractivity contribution in [2.75, 3.05) is 0 Å². The maximum Gasteiger partial charge on any atom is 0.276 e. The molecule has 0 aromatic carbocycles. The molecule has 0 radical (unpaired) electrons. The van der Waals surface area contributed by atoms with Gasteiger partial charge in [-0.25, -0.2) is 0 Å². The molecule has 0 amide bonds. The van der Waals surface area contributed by atoms with Crippen LogP contribution in [-0.2, 0) is 13.6 Å². The van der Waals surface area contributed by atoms with E-state index in [9.17, 15) is 0 Å². The van der Waals surface area contributed by atoms with E-state index in [2.05, 4.69) is 20.2 Å². The third-order valence-corrected chi connectivity index (χ3v) is 2.65. The number of nitrogens with zero attached hydrogens (tertiary/aromatic N) is 5. The van der Waals surface area contributed by atoms with E-state index in [1.165, 1.54) is 0 Å². The van der Waals surface area contributed by atoms with Crippen molar-refractivity contribution in [1.29, 1.82) is 0 Å². The molecule has 0 fully saturated rings. The summed E-state index contributed by atoms with van der Waals surface area (Å²) in [5.74, 6) is 0.810. The van der Waals surface area contributed by atoms with Gasteiger partial charge in [-0.05, 0) is 17.7 Å². The van der Waals surface area contributed by atoms with Gasteiger partial charge < -0.3 is 10.3 Å². The minimum atomic E-state index is 0.365. The number of nitrogens with two attached hydrogens (primary N) is 1. The SMILES string of the molecule is Cn1ccc(-c2noc(-c3ccc(CN)cn3)n2)n1. The minimum absolute atomic E-state index is 0.365. The third-order valence-electron chi connectivity index (χ3n) is 2.65. The van der Waals surface area contributed by atoms with Crippen LogP contribution in [0.2, 0.25) is 0 Å². The Morgan fingerprint density at radius 1 is 1.26 bits per heavy atom. The summed E-state index contributed by atoms with van der Waals surface area (Å²) in [7, 11) is 1.83. The van der Waals surface area contributed by atoms with Gasteiger partial charge >= 0.3 is 0 Å². The van der Waals surface area contributed by atoms with Gasteiger partial charge in [-0.2, -0.15) is 10.1 Å². The maximum atomic E-state index is 5.52. The average molecular weight is 256 g/mol. The van der Waals surface area contributed by atoms with Crippen LogP contribution in [0.3, 0.4) is 0 Å². The predicted octanol–water partition coefficient (Wildman–Crippen LogP) is 0.991. The van der Waals surface area contributed by atoms with Crippen molar-refractivity contribution in [2.24, 2.45) is 12.8 Å². The molecule has 19 heavy (non-hydrogen) atoms. The van der Waals surface area contributed by atoms with Gasteiger partial charge in [0.15, 0.2) is 0 Å². The third kappa shape index (κ3) is 2.23. The van der Waals surface area contributed by atoms with Crippen LogP contribution < -0.4 is 5.73 Å². The van der Waals surface area contributed by atoms with E-state index in [-0.39, 0.29) is 0 Å². The monoisotopic (exact) mass is 256 g/mol. The molecular weight excluding hydrogens is 244 g/mol. The summed E-state index contributed by atoms with van der Waals surface area (Å²) in [5, 5.41) is 8.10. The van der Waals surface area contributed by atoms with E-state index in [1.54, 1.807) is 16.9 Å². The smallest absolute Gasteiger partial charge is 0.276 e. The molecule has 0 aliphatic rings. The van der Waals surface area contributed by atoms with Crippen LogP contribution in [0.4, 0.5) is 0 Å². The molecule has 0 spiro atoms. The number of pyridine rings is 1. The second-order valence-electron chi connectivity index (χ2n) is 4.05. The lowest BCUT2D eigenvalue weighted by Gasteiger charge is -1.96. The fourth-order valence-electron chi connectivity index (χ4n) is 1.64. The zero-order chi connectivity index (χ0) is 13.2. The summed E-state index contributed by atoms with van der Waals surface area (Å²) in [5.41, 5.74) is 7.75. The summed E-state index contributed by atoms with van der Waals surface area (Å²) in [6.07, 6.45) is 3.51. The van der Waals surface area contributed by atoms with Gasteiger partial charge in [0.2, 0.25) is 5.82 Å². The average Bonchev–Trinajstić information content (AvgIpc) is 3.07. The van der Waals surface area contributed by atoms with Gasteiger partial charge in [0, 0.05) is 26.0 Å². The van der Waals surface area contributed by atoms with Gasteiger partial charge in [0.25, 0.3) is 5.89 Å². The molecule has 0 saturated carbocycles. The molecule has 0 saturated heterocycles. The lowest BCUT2D eigenvalue weighted by molar-refractivity contribution is 0.430. The Hall–Kier alpha value is -2.54. The Balaban J connectivity index is 1.91. The van der Waals surface area contributed by atoms with E-state index < -0.39 is 0 Å². The fraction of sp³-hybridized carbons (Fsp3) is 0.167. The van der Waals surface area contributed by atoms with E-state index in [1.807, 2.05) is 25.4 Å². The maximum absolute atomic E-state index is 5.52. The zero-order valence-electron chi connectivity index (χ0n) is 10.3. The molecule has 2 N–H and O–H groups in total. The molecule has 3 rings (SSSR count). The quantitative estimate of drug-likeness (QED) is 0.750. The number of rotatable bonds is 3. The summed E-state index contributed by atoms with van der Waals surface area (Å²) < 4.78 is 6.86. The number of aromatic nitrogens is 5. The van der Waals surface area contributed by atoms with Gasteiger partial charge in [-0.15, -0.1) is 0 Å². The van der Waals surface area contributed by atoms with Crippen molar-refractivity contribution in [2.45, 2.75) is 6.54 Å². The molecule has 0 aliphatic carbocycles. The molecule has 3 heterocycles. The molecule has 0 aliphatic heterocycles. The molecule has 7 nitrogen and oxygen atoms in total. The molecule has 0 unspecified atom stereocenters. The van der Waals surface area contributed by atoms with Crippen molar-refractivity contribution < 1.29 is 4.52 Å². The van der Waals surface area contributed by atoms with E-state index in [0.717, 1.165) is 5.56 Å². The second-order valence-corrected chi connectivity index (χ2v) is 4.05. The van der Waals surface area contributed by atoms with E-state index >= 15 is 0 Å². The first-order valence-electron chi connectivity index (χ1n) is 5.75. The Bertz CT molecular complexity index is 684. The first kappa shape index (κ1) is 11.5. The van der Waals surface area contributed by atoms with Gasteiger partial charge in [-0.1, -0.05) is 11.2 Å². The van der Waals surface area contributed by atoms with Crippen molar-refractivity contribution in [1.82, 2.24) is 24.9 Å². The number of hydrogen-bond acceptors (Lipinski definition) is 6. The number of aryl methyl sites for hydroxylation is 1. The van der Waals surface area contributed by atoms with Crippen LogP contribution in [0.1, 0.15) is 5.56 Å². The second kappa shape index (κ2) is 4.62. The van der Waals surface area contributed by atoms with Gasteiger partial charge in [-0.3, -0.25) is 9.67 Å². The van der Waals surface area contributed by atoms with Gasteiger partial charge in [0.1, 0.15) is 11.4 Å². The summed E-state index contributed by atoms with van der Waals surface area (Å²) in [6, 6.07) is 5.50. The standard InChI is InChI=1S/C12H12N6O/c1-18-5-4-9(16-18)11-15-12(19-17-11)10-3-2-8(6-13)7-14-10/h2-5,7H,6,13H2,1H3. The molecule has 96 valence electrons. The topological polar surface area (TPSA) is 95.7 Å². The van der Waals surface area contributed by atoms with Crippen LogP contribution >= 0.6 is 0 Å². The highest BCUT2D eigenvalue weighted by Crippen LogP contribution is 2.19. The first-order chi connectivity index (χ1) is 9.26. The molecule has 0 atom stereocenters.